The highest BCUT2D eigenvalue weighted by molar-refractivity contribution is 6.19. The van der Waals surface area contributed by atoms with E-state index in [2.05, 4.69) is 6.58 Å². The molecule has 1 aromatic carbocycles. The summed E-state index contributed by atoms with van der Waals surface area (Å²) in [6.07, 6.45) is -10.5. The molecule has 4 nitrogen and oxygen atoms in total. The zero-order valence-corrected chi connectivity index (χ0v) is 14.2. The summed E-state index contributed by atoms with van der Waals surface area (Å²) < 4.78 is 79.2. The Kier molecular flexibility index (Phi) is 6.21. The number of piperazine rings is 1. The fourth-order valence-electron chi connectivity index (χ4n) is 2.97. The fourth-order valence-corrected chi connectivity index (χ4v) is 2.97. The highest BCUT2D eigenvalue weighted by atomic mass is 19.4. The van der Waals surface area contributed by atoms with Gasteiger partial charge in [-0.15, -0.1) is 0 Å². The number of rotatable bonds is 4. The minimum atomic E-state index is -5.30. The third-order valence-corrected chi connectivity index (χ3v) is 4.31. The maximum Gasteiger partial charge on any atom is 0.417 e. The molecule has 27 heavy (non-hydrogen) atoms. The minimum absolute atomic E-state index is 0.0696. The molecule has 0 aromatic heterocycles. The quantitative estimate of drug-likeness (QED) is 0.629. The van der Waals surface area contributed by atoms with Gasteiger partial charge in [0.05, 0.1) is 17.7 Å². The van der Waals surface area contributed by atoms with Crippen molar-refractivity contribution in [3.05, 3.63) is 41.5 Å². The van der Waals surface area contributed by atoms with Crippen LogP contribution < -0.4 is 0 Å². The number of β-amino-alcohol motifs (C(OH)–C–C–N with tert-alkyl or cyclic N) is 1. The fraction of sp³-hybridized carbons (Fsp3) is 0.471. The van der Waals surface area contributed by atoms with Crippen molar-refractivity contribution in [3.8, 4) is 0 Å². The highest BCUT2D eigenvalue weighted by Crippen LogP contribution is 2.43. The number of carbonyl (C=O) groups is 1. The highest BCUT2D eigenvalue weighted by Gasteiger charge is 2.45. The number of nitrogens with zero attached hydrogens (tertiary/aromatic N) is 2. The predicted octanol–water partition coefficient (Wildman–Crippen LogP) is 2.87. The van der Waals surface area contributed by atoms with E-state index in [1.54, 1.807) is 0 Å². The largest absolute Gasteiger partial charge is 0.417 e. The van der Waals surface area contributed by atoms with Crippen LogP contribution in [0.1, 0.15) is 16.7 Å². The second kappa shape index (κ2) is 7.89. The molecule has 1 heterocycles. The van der Waals surface area contributed by atoms with Crippen LogP contribution in [0.4, 0.5) is 26.3 Å². The second-order valence-electron chi connectivity index (χ2n) is 6.06. The van der Waals surface area contributed by atoms with E-state index in [4.69, 9.17) is 5.11 Å². The number of amides is 1. The number of hydrogen-bond acceptors (Lipinski definition) is 3. The van der Waals surface area contributed by atoms with Gasteiger partial charge in [0, 0.05) is 38.3 Å². The SMILES string of the molecule is C=C(C(=O)N1CCN(CCO)CC1)c1cccc(C(F)(F)F)c1C(F)(F)F. The van der Waals surface area contributed by atoms with Gasteiger partial charge in [-0.2, -0.15) is 26.3 Å². The molecule has 0 atom stereocenters. The Morgan fingerprint density at radius 2 is 1.63 bits per heavy atom. The lowest BCUT2D eigenvalue weighted by molar-refractivity contribution is -0.162. The molecule has 1 saturated heterocycles. The number of hydrogen-bond donors (Lipinski definition) is 1. The molecule has 1 N–H and O–H groups in total. The van der Waals surface area contributed by atoms with Crippen LogP contribution in [0.5, 0.6) is 0 Å². The molecule has 2 rings (SSSR count). The molecule has 0 saturated carbocycles. The standard InChI is InChI=1S/C17H18F6N2O2/c1-11(15(27)25-7-5-24(6-8-25)9-10-26)12-3-2-4-13(16(18,19)20)14(12)17(21,22)23/h2-4,26H,1,5-10H2. The molecule has 0 unspecified atom stereocenters. The number of aliphatic hydroxyl groups excluding tert-OH is 1. The van der Waals surface area contributed by atoms with E-state index in [-0.39, 0.29) is 19.7 Å². The first-order valence-corrected chi connectivity index (χ1v) is 8.06. The molecular weight excluding hydrogens is 378 g/mol. The molecule has 0 bridgehead atoms. The van der Waals surface area contributed by atoms with E-state index >= 15 is 0 Å². The van der Waals surface area contributed by atoms with Gasteiger partial charge in [-0.3, -0.25) is 9.69 Å². The van der Waals surface area contributed by atoms with E-state index in [0.29, 0.717) is 25.7 Å². The van der Waals surface area contributed by atoms with Crippen molar-refractivity contribution in [2.75, 3.05) is 39.3 Å². The molecule has 1 aliphatic heterocycles. The third-order valence-electron chi connectivity index (χ3n) is 4.31. The summed E-state index contributed by atoms with van der Waals surface area (Å²) in [5.74, 6) is -0.844. The van der Waals surface area contributed by atoms with Gasteiger partial charge in [0.2, 0.25) is 0 Å². The van der Waals surface area contributed by atoms with Crippen molar-refractivity contribution in [1.29, 1.82) is 0 Å². The van der Waals surface area contributed by atoms with Crippen LogP contribution in [0.15, 0.2) is 24.8 Å². The Labute approximate surface area is 151 Å². The molecule has 0 spiro atoms. The maximum absolute atomic E-state index is 13.3. The Balaban J connectivity index is 2.32. The van der Waals surface area contributed by atoms with Crippen molar-refractivity contribution < 1.29 is 36.2 Å². The summed E-state index contributed by atoms with van der Waals surface area (Å²) >= 11 is 0. The Hall–Kier alpha value is -2.07. The third kappa shape index (κ3) is 4.81. The van der Waals surface area contributed by atoms with Crippen LogP contribution in [-0.2, 0) is 17.1 Å². The smallest absolute Gasteiger partial charge is 0.395 e. The van der Waals surface area contributed by atoms with E-state index < -0.39 is 40.5 Å². The van der Waals surface area contributed by atoms with Crippen molar-refractivity contribution >= 4 is 11.5 Å². The summed E-state index contributed by atoms with van der Waals surface area (Å²) in [5, 5.41) is 8.89. The van der Waals surface area contributed by atoms with Gasteiger partial charge in [-0.1, -0.05) is 18.7 Å². The number of carbonyl (C=O) groups excluding carboxylic acids is 1. The number of benzene rings is 1. The van der Waals surface area contributed by atoms with Crippen molar-refractivity contribution in [1.82, 2.24) is 9.80 Å². The molecular formula is C17H18F6N2O2. The van der Waals surface area contributed by atoms with E-state index in [1.807, 2.05) is 4.90 Å². The van der Waals surface area contributed by atoms with Crippen molar-refractivity contribution in [3.63, 3.8) is 0 Å². The summed E-state index contributed by atoms with van der Waals surface area (Å²) in [4.78, 5) is 15.6. The number of aliphatic hydroxyl groups is 1. The van der Waals surface area contributed by atoms with E-state index in [9.17, 15) is 31.1 Å². The van der Waals surface area contributed by atoms with Crippen LogP contribution >= 0.6 is 0 Å². The van der Waals surface area contributed by atoms with Gasteiger partial charge in [0.25, 0.3) is 5.91 Å². The Morgan fingerprint density at radius 1 is 1.04 bits per heavy atom. The maximum atomic E-state index is 13.3. The van der Waals surface area contributed by atoms with Crippen LogP contribution in [-0.4, -0.2) is 60.1 Å². The van der Waals surface area contributed by atoms with Gasteiger partial charge in [-0.25, -0.2) is 0 Å². The van der Waals surface area contributed by atoms with Crippen LogP contribution in [0.3, 0.4) is 0 Å². The zero-order chi connectivity index (χ0) is 20.4. The summed E-state index contributed by atoms with van der Waals surface area (Å²) in [7, 11) is 0. The molecule has 10 heteroatoms. The van der Waals surface area contributed by atoms with Crippen LogP contribution in [0, 0.1) is 0 Å². The average Bonchev–Trinajstić information content (AvgIpc) is 2.59. The molecule has 1 aromatic rings. The van der Waals surface area contributed by atoms with Gasteiger partial charge < -0.3 is 10.0 Å². The lowest BCUT2D eigenvalue weighted by Crippen LogP contribution is -2.49. The number of alkyl halides is 6. The van der Waals surface area contributed by atoms with Gasteiger partial charge in [0.1, 0.15) is 0 Å². The normalized spacial score (nSPS) is 16.5. The average molecular weight is 396 g/mol. The monoisotopic (exact) mass is 396 g/mol. The number of halogens is 6. The summed E-state index contributed by atoms with van der Waals surface area (Å²) in [5.41, 5.74) is -5.27. The first kappa shape index (κ1) is 21.2. The van der Waals surface area contributed by atoms with E-state index in [1.165, 1.54) is 4.90 Å². The first-order valence-electron chi connectivity index (χ1n) is 8.06. The Morgan fingerprint density at radius 3 is 2.11 bits per heavy atom. The summed E-state index contributed by atoms with van der Waals surface area (Å²) in [6.45, 7) is 4.82. The summed E-state index contributed by atoms with van der Waals surface area (Å²) in [6, 6.07) is 1.98. The molecule has 1 fully saturated rings. The topological polar surface area (TPSA) is 43.8 Å². The molecule has 1 amide bonds. The van der Waals surface area contributed by atoms with Crippen molar-refractivity contribution in [2.24, 2.45) is 0 Å². The zero-order valence-electron chi connectivity index (χ0n) is 14.2. The van der Waals surface area contributed by atoms with E-state index in [0.717, 1.165) is 12.1 Å². The molecule has 1 aliphatic rings. The molecule has 150 valence electrons. The van der Waals surface area contributed by atoms with Gasteiger partial charge in [-0.05, 0) is 11.6 Å². The second-order valence-corrected chi connectivity index (χ2v) is 6.06. The first-order chi connectivity index (χ1) is 12.5. The predicted molar refractivity (Wildman–Crippen MR) is 85.6 cm³/mol. The van der Waals surface area contributed by atoms with Crippen molar-refractivity contribution in [2.45, 2.75) is 12.4 Å². The lowest BCUT2D eigenvalue weighted by Gasteiger charge is -2.35. The van der Waals surface area contributed by atoms with Crippen LogP contribution in [0.2, 0.25) is 0 Å². The van der Waals surface area contributed by atoms with Gasteiger partial charge >= 0.3 is 12.4 Å². The Bertz CT molecular complexity index is 706. The molecule has 0 radical (unpaired) electrons. The lowest BCUT2D eigenvalue weighted by atomic mass is 9.94. The van der Waals surface area contributed by atoms with Crippen LogP contribution in [0.25, 0.3) is 5.57 Å². The molecule has 0 aliphatic carbocycles. The van der Waals surface area contributed by atoms with Gasteiger partial charge in [0.15, 0.2) is 0 Å². The minimum Gasteiger partial charge on any atom is -0.395 e.